The van der Waals surface area contributed by atoms with Gasteiger partial charge in [0.15, 0.2) is 0 Å². The summed E-state index contributed by atoms with van der Waals surface area (Å²) in [5, 5.41) is 2.85. The molecule has 0 fully saturated rings. The molecule has 1 heterocycles. The van der Waals surface area contributed by atoms with Crippen LogP contribution >= 0.6 is 0 Å². The highest BCUT2D eigenvalue weighted by Crippen LogP contribution is 2.18. The Morgan fingerprint density at radius 2 is 1.55 bits per heavy atom. The van der Waals surface area contributed by atoms with Crippen molar-refractivity contribution in [1.29, 1.82) is 0 Å². The Balaban J connectivity index is 1.51. The van der Waals surface area contributed by atoms with Crippen molar-refractivity contribution in [2.24, 2.45) is 0 Å². The zero-order valence-corrected chi connectivity index (χ0v) is 15.6. The molecule has 4 aromatic rings. The standard InChI is InChI=1S/C23H19F2N3O/c24-18-9-5-16(6-10-18)15-28-21-4-2-1-3-20(21)27-22(28)13-14-26-23(29)17-7-11-19(25)12-8-17/h1-12H,13-15H2,(H,26,29). The largest absolute Gasteiger partial charge is 0.352 e. The molecule has 0 spiro atoms. The third-order valence-electron chi connectivity index (χ3n) is 4.73. The molecule has 0 saturated heterocycles. The number of carbonyl (C=O) groups is 1. The summed E-state index contributed by atoms with van der Waals surface area (Å²) < 4.78 is 28.3. The fraction of sp³-hybridized carbons (Fsp3) is 0.130. The predicted molar refractivity (Wildman–Crippen MR) is 108 cm³/mol. The first-order valence-corrected chi connectivity index (χ1v) is 9.32. The van der Waals surface area contributed by atoms with Crippen LogP contribution in [0.25, 0.3) is 11.0 Å². The van der Waals surface area contributed by atoms with Crippen molar-refractivity contribution in [3.8, 4) is 0 Å². The summed E-state index contributed by atoms with van der Waals surface area (Å²) in [6.07, 6.45) is 0.531. The normalized spacial score (nSPS) is 11.0. The first-order chi connectivity index (χ1) is 14.1. The monoisotopic (exact) mass is 391 g/mol. The van der Waals surface area contributed by atoms with Gasteiger partial charge in [0.05, 0.1) is 11.0 Å². The van der Waals surface area contributed by atoms with Crippen molar-refractivity contribution in [3.63, 3.8) is 0 Å². The lowest BCUT2D eigenvalue weighted by atomic mass is 10.2. The molecule has 6 heteroatoms. The minimum Gasteiger partial charge on any atom is -0.352 e. The molecule has 4 rings (SSSR count). The van der Waals surface area contributed by atoms with E-state index < -0.39 is 0 Å². The molecule has 1 amide bonds. The molecule has 4 nitrogen and oxygen atoms in total. The fourth-order valence-electron chi connectivity index (χ4n) is 3.26. The highest BCUT2D eigenvalue weighted by Gasteiger charge is 2.12. The Morgan fingerprint density at radius 3 is 2.28 bits per heavy atom. The van der Waals surface area contributed by atoms with Crippen LogP contribution in [0.4, 0.5) is 8.78 Å². The van der Waals surface area contributed by atoms with Crippen LogP contribution in [-0.4, -0.2) is 22.0 Å². The summed E-state index contributed by atoms with van der Waals surface area (Å²) in [6.45, 7) is 0.949. The van der Waals surface area contributed by atoms with Crippen LogP contribution in [0.5, 0.6) is 0 Å². The molecule has 3 aromatic carbocycles. The van der Waals surface area contributed by atoms with E-state index in [2.05, 4.69) is 9.88 Å². The topological polar surface area (TPSA) is 46.9 Å². The Labute approximate surface area is 166 Å². The third-order valence-corrected chi connectivity index (χ3v) is 4.73. The van der Waals surface area contributed by atoms with E-state index in [1.807, 2.05) is 24.3 Å². The molecule has 0 radical (unpaired) electrons. The van der Waals surface area contributed by atoms with E-state index >= 15 is 0 Å². The summed E-state index contributed by atoms with van der Waals surface area (Å²) in [4.78, 5) is 16.9. The van der Waals surface area contributed by atoms with Crippen molar-refractivity contribution in [1.82, 2.24) is 14.9 Å². The minimum atomic E-state index is -0.379. The Bertz CT molecular complexity index is 1140. The Morgan fingerprint density at radius 1 is 0.897 bits per heavy atom. The summed E-state index contributed by atoms with van der Waals surface area (Å²) in [5.41, 5.74) is 3.23. The second kappa shape index (κ2) is 8.22. The van der Waals surface area contributed by atoms with Gasteiger partial charge in [-0.05, 0) is 54.1 Å². The SMILES string of the molecule is O=C(NCCc1nc2ccccc2n1Cc1ccc(F)cc1)c1ccc(F)cc1. The van der Waals surface area contributed by atoms with Gasteiger partial charge in [-0.25, -0.2) is 13.8 Å². The van der Waals surface area contributed by atoms with E-state index in [-0.39, 0.29) is 17.5 Å². The zero-order valence-electron chi connectivity index (χ0n) is 15.6. The minimum absolute atomic E-state index is 0.258. The van der Waals surface area contributed by atoms with Gasteiger partial charge in [-0.2, -0.15) is 0 Å². The van der Waals surface area contributed by atoms with Crippen LogP contribution in [0.1, 0.15) is 21.7 Å². The highest BCUT2D eigenvalue weighted by molar-refractivity contribution is 5.94. The number of para-hydroxylation sites is 2. The average molecular weight is 391 g/mol. The maximum absolute atomic E-state index is 13.2. The lowest BCUT2D eigenvalue weighted by molar-refractivity contribution is 0.0954. The maximum Gasteiger partial charge on any atom is 0.251 e. The summed E-state index contributed by atoms with van der Waals surface area (Å²) in [7, 11) is 0. The second-order valence-electron chi connectivity index (χ2n) is 6.74. The first-order valence-electron chi connectivity index (χ1n) is 9.32. The summed E-state index contributed by atoms with van der Waals surface area (Å²) in [5.74, 6) is -0.0786. The van der Waals surface area contributed by atoms with Crippen LogP contribution < -0.4 is 5.32 Å². The average Bonchev–Trinajstić information content (AvgIpc) is 3.07. The first kappa shape index (κ1) is 18.8. The van der Waals surface area contributed by atoms with Crippen molar-refractivity contribution >= 4 is 16.9 Å². The van der Waals surface area contributed by atoms with Crippen molar-refractivity contribution in [3.05, 3.63) is 101 Å². The lowest BCUT2D eigenvalue weighted by Crippen LogP contribution is -2.26. The molecular formula is C23H19F2N3O. The van der Waals surface area contributed by atoms with Crippen LogP contribution in [0.15, 0.2) is 72.8 Å². The quantitative estimate of drug-likeness (QED) is 0.532. The van der Waals surface area contributed by atoms with Gasteiger partial charge < -0.3 is 9.88 Å². The zero-order chi connectivity index (χ0) is 20.2. The number of rotatable bonds is 6. The van der Waals surface area contributed by atoms with Gasteiger partial charge in [0.1, 0.15) is 17.5 Å². The highest BCUT2D eigenvalue weighted by atomic mass is 19.1. The van der Waals surface area contributed by atoms with Gasteiger partial charge in [0.25, 0.3) is 5.91 Å². The number of hydrogen-bond donors (Lipinski definition) is 1. The third kappa shape index (κ3) is 4.32. The van der Waals surface area contributed by atoms with Crippen LogP contribution in [0, 0.1) is 11.6 Å². The number of halogens is 2. The Hall–Kier alpha value is -3.54. The van der Waals surface area contributed by atoms with Gasteiger partial charge in [0, 0.05) is 25.1 Å². The number of aromatic nitrogens is 2. The van der Waals surface area contributed by atoms with E-state index in [1.54, 1.807) is 12.1 Å². The van der Waals surface area contributed by atoms with Crippen LogP contribution in [-0.2, 0) is 13.0 Å². The molecule has 0 aliphatic rings. The molecule has 0 aliphatic heterocycles. The molecule has 0 atom stereocenters. The number of nitrogens with zero attached hydrogens (tertiary/aromatic N) is 2. The second-order valence-corrected chi connectivity index (χ2v) is 6.74. The smallest absolute Gasteiger partial charge is 0.251 e. The number of carbonyl (C=O) groups excluding carboxylic acids is 1. The van der Waals surface area contributed by atoms with Crippen molar-refractivity contribution in [2.45, 2.75) is 13.0 Å². The van der Waals surface area contributed by atoms with Gasteiger partial charge >= 0.3 is 0 Å². The summed E-state index contributed by atoms with van der Waals surface area (Å²) in [6, 6.07) is 19.6. The number of nitrogens with one attached hydrogen (secondary N) is 1. The Kier molecular flexibility index (Phi) is 5.33. The van der Waals surface area contributed by atoms with Crippen LogP contribution in [0.2, 0.25) is 0 Å². The fourth-order valence-corrected chi connectivity index (χ4v) is 3.26. The maximum atomic E-state index is 13.2. The predicted octanol–water partition coefficient (Wildman–Crippen LogP) is 4.34. The van der Waals surface area contributed by atoms with E-state index in [0.29, 0.717) is 25.1 Å². The number of amides is 1. The van der Waals surface area contributed by atoms with Crippen molar-refractivity contribution < 1.29 is 13.6 Å². The molecule has 1 aromatic heterocycles. The summed E-state index contributed by atoms with van der Waals surface area (Å²) >= 11 is 0. The van der Waals surface area contributed by atoms with E-state index in [9.17, 15) is 13.6 Å². The van der Waals surface area contributed by atoms with Gasteiger partial charge in [-0.15, -0.1) is 0 Å². The van der Waals surface area contributed by atoms with Crippen LogP contribution in [0.3, 0.4) is 0 Å². The van der Waals surface area contributed by atoms with E-state index in [4.69, 9.17) is 4.98 Å². The molecule has 29 heavy (non-hydrogen) atoms. The van der Waals surface area contributed by atoms with E-state index in [0.717, 1.165) is 22.4 Å². The molecule has 0 aliphatic carbocycles. The lowest BCUT2D eigenvalue weighted by Gasteiger charge is -2.10. The van der Waals surface area contributed by atoms with E-state index in [1.165, 1.54) is 36.4 Å². The number of benzene rings is 3. The molecule has 146 valence electrons. The molecule has 0 saturated carbocycles. The number of imidazole rings is 1. The molecular weight excluding hydrogens is 372 g/mol. The van der Waals surface area contributed by atoms with Crippen molar-refractivity contribution in [2.75, 3.05) is 6.54 Å². The van der Waals surface area contributed by atoms with Gasteiger partial charge in [-0.1, -0.05) is 24.3 Å². The number of fused-ring (bicyclic) bond motifs is 1. The molecule has 1 N–H and O–H groups in total. The van der Waals surface area contributed by atoms with Gasteiger partial charge in [-0.3, -0.25) is 4.79 Å². The number of hydrogen-bond acceptors (Lipinski definition) is 2. The molecule has 0 unspecified atom stereocenters. The van der Waals surface area contributed by atoms with Gasteiger partial charge in [0.2, 0.25) is 0 Å². The molecule has 0 bridgehead atoms.